The molecule has 0 amide bonds. The summed E-state index contributed by atoms with van der Waals surface area (Å²) in [5.74, 6) is 0.696. The summed E-state index contributed by atoms with van der Waals surface area (Å²) in [6.07, 6.45) is 4.34. The molecule has 0 radical (unpaired) electrons. The van der Waals surface area contributed by atoms with Gasteiger partial charge in [-0.1, -0.05) is 36.4 Å². The van der Waals surface area contributed by atoms with Gasteiger partial charge in [0.1, 0.15) is 0 Å². The van der Waals surface area contributed by atoms with E-state index in [-0.39, 0.29) is 0 Å². The maximum Gasteiger partial charge on any atom is 0.0108 e. The highest BCUT2D eigenvalue weighted by Crippen LogP contribution is 2.26. The maximum atomic E-state index is 3.78. The van der Waals surface area contributed by atoms with E-state index in [0.717, 1.165) is 13.0 Å². The van der Waals surface area contributed by atoms with Crippen LogP contribution in [0.15, 0.2) is 43.0 Å². The average molecular weight is 187 g/mol. The molecule has 1 aromatic carbocycles. The molecule has 1 aliphatic heterocycles. The van der Waals surface area contributed by atoms with E-state index >= 15 is 0 Å². The molecule has 0 aromatic heterocycles. The van der Waals surface area contributed by atoms with Crippen molar-refractivity contribution in [1.82, 2.24) is 5.32 Å². The molecule has 1 fully saturated rings. The van der Waals surface area contributed by atoms with Gasteiger partial charge in [0.2, 0.25) is 0 Å². The highest BCUT2D eigenvalue weighted by atomic mass is 14.9. The molecular formula is C13H17N. The zero-order valence-corrected chi connectivity index (χ0v) is 8.45. The van der Waals surface area contributed by atoms with Gasteiger partial charge in [0.15, 0.2) is 0 Å². The van der Waals surface area contributed by atoms with Gasteiger partial charge in [-0.25, -0.2) is 0 Å². The molecule has 0 aliphatic carbocycles. The molecule has 74 valence electrons. The minimum Gasteiger partial charge on any atom is -0.313 e. The van der Waals surface area contributed by atoms with Crippen LogP contribution >= 0.6 is 0 Å². The molecule has 1 aliphatic rings. The lowest BCUT2D eigenvalue weighted by molar-refractivity contribution is 0.610. The molecule has 0 unspecified atom stereocenters. The van der Waals surface area contributed by atoms with Gasteiger partial charge in [0, 0.05) is 12.6 Å². The molecule has 1 aromatic rings. The Bertz CT molecular complexity index is 291. The summed E-state index contributed by atoms with van der Waals surface area (Å²) in [5, 5.41) is 3.53. The van der Waals surface area contributed by atoms with Crippen LogP contribution in [0.25, 0.3) is 0 Å². The van der Waals surface area contributed by atoms with Gasteiger partial charge in [-0.2, -0.15) is 0 Å². The largest absolute Gasteiger partial charge is 0.313 e. The van der Waals surface area contributed by atoms with Crippen LogP contribution in [-0.4, -0.2) is 12.6 Å². The van der Waals surface area contributed by atoms with Gasteiger partial charge >= 0.3 is 0 Å². The Kier molecular flexibility index (Phi) is 3.00. The van der Waals surface area contributed by atoms with Gasteiger partial charge in [0.05, 0.1) is 0 Å². The lowest BCUT2D eigenvalue weighted by atomic mass is 9.96. The van der Waals surface area contributed by atoms with Crippen molar-refractivity contribution in [2.75, 3.05) is 6.54 Å². The van der Waals surface area contributed by atoms with Crippen LogP contribution < -0.4 is 5.32 Å². The van der Waals surface area contributed by atoms with E-state index in [2.05, 4.69) is 42.2 Å². The Hall–Kier alpha value is -1.08. The summed E-state index contributed by atoms with van der Waals surface area (Å²) in [6, 6.07) is 11.4. The molecule has 0 bridgehead atoms. The van der Waals surface area contributed by atoms with Crippen molar-refractivity contribution in [3.05, 3.63) is 48.6 Å². The third-order valence-electron chi connectivity index (χ3n) is 2.94. The summed E-state index contributed by atoms with van der Waals surface area (Å²) in [4.78, 5) is 0. The van der Waals surface area contributed by atoms with Crippen LogP contribution in [0.3, 0.4) is 0 Å². The monoisotopic (exact) mass is 187 g/mol. The third-order valence-corrected chi connectivity index (χ3v) is 2.94. The fourth-order valence-corrected chi connectivity index (χ4v) is 2.18. The molecule has 14 heavy (non-hydrogen) atoms. The van der Waals surface area contributed by atoms with E-state index < -0.39 is 0 Å². The minimum atomic E-state index is 0.637. The van der Waals surface area contributed by atoms with Crippen LogP contribution in [0.5, 0.6) is 0 Å². The highest BCUT2D eigenvalue weighted by molar-refractivity contribution is 5.21. The fourth-order valence-electron chi connectivity index (χ4n) is 2.18. The lowest BCUT2D eigenvalue weighted by Gasteiger charge is -2.08. The second-order valence-electron chi connectivity index (χ2n) is 3.97. The van der Waals surface area contributed by atoms with Crippen LogP contribution in [0.4, 0.5) is 0 Å². The fraction of sp³-hybridized carbons (Fsp3) is 0.385. The number of nitrogens with one attached hydrogen (secondary N) is 1. The molecule has 2 atom stereocenters. The van der Waals surface area contributed by atoms with Crippen molar-refractivity contribution in [3.8, 4) is 0 Å². The Morgan fingerprint density at radius 1 is 1.36 bits per heavy atom. The second-order valence-corrected chi connectivity index (χ2v) is 3.97. The zero-order chi connectivity index (χ0) is 9.80. The smallest absolute Gasteiger partial charge is 0.0108 e. The first kappa shape index (κ1) is 9.47. The van der Waals surface area contributed by atoms with E-state index in [0.29, 0.717) is 12.0 Å². The molecule has 1 heteroatoms. The second kappa shape index (κ2) is 4.43. The normalized spacial score (nSPS) is 26.3. The van der Waals surface area contributed by atoms with Gasteiger partial charge in [-0.05, 0) is 24.3 Å². The van der Waals surface area contributed by atoms with E-state index in [1.807, 2.05) is 6.08 Å². The van der Waals surface area contributed by atoms with Crippen LogP contribution in [0.2, 0.25) is 0 Å². The topological polar surface area (TPSA) is 12.0 Å². The Morgan fingerprint density at radius 3 is 2.86 bits per heavy atom. The van der Waals surface area contributed by atoms with Crippen LogP contribution in [0.1, 0.15) is 24.3 Å². The highest BCUT2D eigenvalue weighted by Gasteiger charge is 2.23. The molecule has 1 saturated heterocycles. The summed E-state index contributed by atoms with van der Waals surface area (Å²) in [7, 11) is 0. The van der Waals surface area contributed by atoms with Crippen molar-refractivity contribution in [2.24, 2.45) is 0 Å². The molecule has 1 nitrogen and oxygen atoms in total. The molecule has 1 N–H and O–H groups in total. The summed E-state index contributed by atoms with van der Waals surface area (Å²) in [6.45, 7) is 4.90. The minimum absolute atomic E-state index is 0.637. The first-order valence-electron chi connectivity index (χ1n) is 5.29. The van der Waals surface area contributed by atoms with Crippen molar-refractivity contribution >= 4 is 0 Å². The van der Waals surface area contributed by atoms with E-state index in [1.54, 1.807) is 0 Å². The van der Waals surface area contributed by atoms with Crippen molar-refractivity contribution in [3.63, 3.8) is 0 Å². The van der Waals surface area contributed by atoms with E-state index in [9.17, 15) is 0 Å². The van der Waals surface area contributed by atoms with Crippen molar-refractivity contribution in [1.29, 1.82) is 0 Å². The summed E-state index contributed by atoms with van der Waals surface area (Å²) < 4.78 is 0. The number of hydrogen-bond donors (Lipinski definition) is 1. The third kappa shape index (κ3) is 2.05. The molecule has 0 saturated carbocycles. The zero-order valence-electron chi connectivity index (χ0n) is 8.45. The summed E-state index contributed by atoms with van der Waals surface area (Å²) in [5.41, 5.74) is 1.46. The van der Waals surface area contributed by atoms with Gasteiger partial charge in [-0.15, -0.1) is 6.58 Å². The molecule has 1 heterocycles. The molecule has 2 rings (SSSR count). The molecule has 0 spiro atoms. The lowest BCUT2D eigenvalue weighted by Crippen LogP contribution is -2.19. The van der Waals surface area contributed by atoms with Gasteiger partial charge in [-0.3, -0.25) is 0 Å². The number of rotatable bonds is 3. The first-order valence-corrected chi connectivity index (χ1v) is 5.29. The predicted octanol–water partition coefficient (Wildman–Crippen LogP) is 2.71. The Balaban J connectivity index is 1.99. The van der Waals surface area contributed by atoms with E-state index in [1.165, 1.54) is 12.0 Å². The predicted molar refractivity (Wildman–Crippen MR) is 60.4 cm³/mol. The number of hydrogen-bond acceptors (Lipinski definition) is 1. The van der Waals surface area contributed by atoms with Gasteiger partial charge < -0.3 is 5.32 Å². The quantitative estimate of drug-likeness (QED) is 0.717. The van der Waals surface area contributed by atoms with Crippen LogP contribution in [0, 0.1) is 0 Å². The Morgan fingerprint density at radius 2 is 2.14 bits per heavy atom. The standard InChI is InChI=1S/C13H17N/c1-2-6-13-9-12(10-14-13)11-7-4-3-5-8-11/h2-5,7-8,12-14H,1,6,9-10H2/t12-,13-/m0/s1. The first-order chi connectivity index (χ1) is 6.90. The van der Waals surface area contributed by atoms with Crippen molar-refractivity contribution < 1.29 is 0 Å². The summed E-state index contributed by atoms with van der Waals surface area (Å²) >= 11 is 0. The van der Waals surface area contributed by atoms with Gasteiger partial charge in [0.25, 0.3) is 0 Å². The van der Waals surface area contributed by atoms with Crippen molar-refractivity contribution in [2.45, 2.75) is 24.8 Å². The average Bonchev–Trinajstić information content (AvgIpc) is 2.68. The van der Waals surface area contributed by atoms with Crippen LogP contribution in [-0.2, 0) is 0 Å². The molecular weight excluding hydrogens is 170 g/mol. The van der Waals surface area contributed by atoms with E-state index in [4.69, 9.17) is 0 Å². The Labute approximate surface area is 85.8 Å². The number of benzene rings is 1. The maximum absolute atomic E-state index is 3.78. The SMILES string of the molecule is C=CC[C@H]1C[C@H](c2ccccc2)CN1.